The van der Waals surface area contributed by atoms with Crippen LogP contribution in [0.1, 0.15) is 26.3 Å². The van der Waals surface area contributed by atoms with Gasteiger partial charge < -0.3 is 10.5 Å². The number of ether oxygens (including phenoxy) is 1. The lowest BCUT2D eigenvalue weighted by molar-refractivity contribution is 0.318. The zero-order valence-corrected chi connectivity index (χ0v) is 11.0. The van der Waals surface area contributed by atoms with E-state index in [0.29, 0.717) is 10.9 Å². The predicted molar refractivity (Wildman–Crippen MR) is 66.9 cm³/mol. The molecule has 1 heterocycles. The Hall–Kier alpha value is -0.800. The summed E-state index contributed by atoms with van der Waals surface area (Å²) in [5.41, 5.74) is 7.23. The number of aromatic nitrogens is 1. The molecule has 1 atom stereocenters. The maximum Gasteiger partial charge on any atom is 0.171 e. The molecule has 0 aromatic carbocycles. The number of pyridine rings is 1. The van der Waals surface area contributed by atoms with Gasteiger partial charge in [0.05, 0.1) is 7.11 Å². The molecule has 0 saturated heterocycles. The van der Waals surface area contributed by atoms with Crippen LogP contribution in [0, 0.1) is 5.41 Å². The third-order valence-electron chi connectivity index (χ3n) is 2.65. The largest absolute Gasteiger partial charge is 0.494 e. The minimum absolute atomic E-state index is 0.0763. The van der Waals surface area contributed by atoms with Crippen LogP contribution in [-0.4, -0.2) is 18.1 Å². The van der Waals surface area contributed by atoms with E-state index < -0.39 is 0 Å². The van der Waals surface area contributed by atoms with Crippen molar-refractivity contribution in [3.63, 3.8) is 0 Å². The van der Waals surface area contributed by atoms with Crippen LogP contribution in [0.5, 0.6) is 5.75 Å². The zero-order valence-electron chi connectivity index (χ0n) is 10.2. The highest BCUT2D eigenvalue weighted by atomic mass is 35.5. The summed E-state index contributed by atoms with van der Waals surface area (Å²) < 4.78 is 5.12. The maximum absolute atomic E-state index is 6.11. The lowest BCUT2D eigenvalue weighted by Crippen LogP contribution is -2.36. The SMILES string of the molecule is COc1cc(CC(N)C(C)(C)C)cnc1Cl. The Morgan fingerprint density at radius 1 is 1.50 bits per heavy atom. The van der Waals surface area contributed by atoms with Crippen molar-refractivity contribution in [2.45, 2.75) is 33.2 Å². The number of hydrogen-bond acceptors (Lipinski definition) is 3. The molecule has 0 amide bonds. The number of rotatable bonds is 3. The van der Waals surface area contributed by atoms with Crippen molar-refractivity contribution in [3.8, 4) is 5.75 Å². The summed E-state index contributed by atoms with van der Waals surface area (Å²) in [5, 5.41) is 0.385. The number of methoxy groups -OCH3 is 1. The van der Waals surface area contributed by atoms with Crippen LogP contribution in [0.2, 0.25) is 5.15 Å². The summed E-state index contributed by atoms with van der Waals surface area (Å²) >= 11 is 5.86. The molecule has 0 bridgehead atoms. The second-order valence-electron chi connectivity index (χ2n) is 5.01. The molecule has 3 nitrogen and oxygen atoms in total. The summed E-state index contributed by atoms with van der Waals surface area (Å²) in [6.45, 7) is 6.37. The van der Waals surface area contributed by atoms with E-state index in [1.165, 1.54) is 0 Å². The van der Waals surface area contributed by atoms with Gasteiger partial charge in [-0.1, -0.05) is 32.4 Å². The van der Waals surface area contributed by atoms with Crippen molar-refractivity contribution >= 4 is 11.6 Å². The van der Waals surface area contributed by atoms with Crippen LogP contribution < -0.4 is 10.5 Å². The van der Waals surface area contributed by atoms with E-state index in [9.17, 15) is 0 Å². The fourth-order valence-corrected chi connectivity index (χ4v) is 1.46. The summed E-state index contributed by atoms with van der Waals surface area (Å²) in [6.07, 6.45) is 2.51. The molecule has 0 fully saturated rings. The quantitative estimate of drug-likeness (QED) is 0.829. The molecular weight excluding hydrogens is 224 g/mol. The molecule has 1 rings (SSSR count). The van der Waals surface area contributed by atoms with Crippen molar-refractivity contribution in [3.05, 3.63) is 23.0 Å². The second-order valence-corrected chi connectivity index (χ2v) is 5.37. The number of nitrogens with two attached hydrogens (primary N) is 1. The van der Waals surface area contributed by atoms with Gasteiger partial charge in [0.1, 0.15) is 0 Å². The lowest BCUT2D eigenvalue weighted by atomic mass is 9.84. The van der Waals surface area contributed by atoms with Crippen molar-refractivity contribution < 1.29 is 4.74 Å². The molecule has 0 aliphatic heterocycles. The molecule has 2 N–H and O–H groups in total. The van der Waals surface area contributed by atoms with E-state index in [4.69, 9.17) is 22.1 Å². The molecule has 1 aromatic rings. The van der Waals surface area contributed by atoms with Gasteiger partial charge in [0.25, 0.3) is 0 Å². The Labute approximate surface area is 102 Å². The topological polar surface area (TPSA) is 48.1 Å². The molecule has 0 radical (unpaired) electrons. The molecule has 0 aliphatic rings. The Bertz CT molecular complexity index is 361. The van der Waals surface area contributed by atoms with Gasteiger partial charge in [-0.3, -0.25) is 0 Å². The monoisotopic (exact) mass is 242 g/mol. The number of halogens is 1. The van der Waals surface area contributed by atoms with Gasteiger partial charge in [-0.2, -0.15) is 0 Å². The Balaban J connectivity index is 2.82. The average molecular weight is 243 g/mol. The third kappa shape index (κ3) is 3.35. The molecular formula is C12H19ClN2O. The fourth-order valence-electron chi connectivity index (χ4n) is 1.28. The highest BCUT2D eigenvalue weighted by molar-refractivity contribution is 6.30. The first kappa shape index (κ1) is 13.3. The Kier molecular flexibility index (Phi) is 4.16. The predicted octanol–water partition coefficient (Wildman–Crippen LogP) is 2.66. The normalized spacial score (nSPS) is 13.6. The summed E-state index contributed by atoms with van der Waals surface area (Å²) in [4.78, 5) is 4.07. The summed E-state index contributed by atoms with van der Waals surface area (Å²) in [5.74, 6) is 0.597. The average Bonchev–Trinajstić information content (AvgIpc) is 2.19. The van der Waals surface area contributed by atoms with Gasteiger partial charge in [0.15, 0.2) is 10.9 Å². The molecule has 0 spiro atoms. The van der Waals surface area contributed by atoms with E-state index in [-0.39, 0.29) is 11.5 Å². The van der Waals surface area contributed by atoms with Crippen LogP contribution in [0.3, 0.4) is 0 Å². The minimum Gasteiger partial charge on any atom is -0.494 e. The van der Waals surface area contributed by atoms with Gasteiger partial charge in [-0.15, -0.1) is 0 Å². The molecule has 0 aliphatic carbocycles. The molecule has 16 heavy (non-hydrogen) atoms. The third-order valence-corrected chi connectivity index (χ3v) is 2.94. The molecule has 1 aromatic heterocycles. The van der Waals surface area contributed by atoms with Gasteiger partial charge >= 0.3 is 0 Å². The van der Waals surface area contributed by atoms with E-state index in [1.807, 2.05) is 6.07 Å². The first-order valence-corrected chi connectivity index (χ1v) is 5.66. The lowest BCUT2D eigenvalue weighted by Gasteiger charge is -2.27. The maximum atomic E-state index is 6.11. The van der Waals surface area contributed by atoms with Crippen LogP contribution in [0.25, 0.3) is 0 Å². The van der Waals surface area contributed by atoms with E-state index in [1.54, 1.807) is 13.3 Å². The highest BCUT2D eigenvalue weighted by Gasteiger charge is 2.21. The van der Waals surface area contributed by atoms with E-state index in [0.717, 1.165) is 12.0 Å². The molecule has 0 saturated carbocycles. The molecule has 4 heteroatoms. The standard InChI is InChI=1S/C12H19ClN2O/c1-12(2,3)10(14)6-8-5-9(16-4)11(13)15-7-8/h5,7,10H,6,14H2,1-4H3. The van der Waals surface area contributed by atoms with Crippen LogP contribution in [0.15, 0.2) is 12.3 Å². The number of hydrogen-bond donors (Lipinski definition) is 1. The summed E-state index contributed by atoms with van der Waals surface area (Å²) in [6, 6.07) is 1.97. The van der Waals surface area contributed by atoms with Gasteiger partial charge in [-0.25, -0.2) is 4.98 Å². The zero-order chi connectivity index (χ0) is 12.3. The minimum atomic E-state index is 0.0763. The van der Waals surface area contributed by atoms with Crippen LogP contribution in [0.4, 0.5) is 0 Å². The van der Waals surface area contributed by atoms with Gasteiger partial charge in [-0.05, 0) is 23.5 Å². The smallest absolute Gasteiger partial charge is 0.171 e. The van der Waals surface area contributed by atoms with Crippen molar-refractivity contribution in [1.29, 1.82) is 0 Å². The van der Waals surface area contributed by atoms with Crippen molar-refractivity contribution in [1.82, 2.24) is 4.98 Å². The Morgan fingerprint density at radius 2 is 2.12 bits per heavy atom. The van der Waals surface area contributed by atoms with Gasteiger partial charge in [0, 0.05) is 12.2 Å². The Morgan fingerprint density at radius 3 is 2.62 bits per heavy atom. The van der Waals surface area contributed by atoms with Gasteiger partial charge in [0.2, 0.25) is 0 Å². The van der Waals surface area contributed by atoms with Crippen LogP contribution >= 0.6 is 11.6 Å². The second kappa shape index (κ2) is 5.02. The molecule has 90 valence electrons. The summed E-state index contributed by atoms with van der Waals surface area (Å²) in [7, 11) is 1.58. The van der Waals surface area contributed by atoms with E-state index >= 15 is 0 Å². The van der Waals surface area contributed by atoms with Crippen molar-refractivity contribution in [2.24, 2.45) is 11.1 Å². The number of nitrogens with zero attached hydrogens (tertiary/aromatic N) is 1. The first-order valence-electron chi connectivity index (χ1n) is 5.28. The van der Waals surface area contributed by atoms with Crippen molar-refractivity contribution in [2.75, 3.05) is 7.11 Å². The van der Waals surface area contributed by atoms with E-state index in [2.05, 4.69) is 25.8 Å². The molecule has 1 unspecified atom stereocenters. The highest BCUT2D eigenvalue weighted by Crippen LogP contribution is 2.25. The fraction of sp³-hybridized carbons (Fsp3) is 0.583. The van der Waals surface area contributed by atoms with Crippen LogP contribution in [-0.2, 0) is 6.42 Å². The first-order chi connectivity index (χ1) is 7.34.